The van der Waals surface area contributed by atoms with Crippen LogP contribution in [0.15, 0.2) is 5.16 Å². The SMILES string of the molecule is NC1CCC(C2=NOCC(CN3CCCCC3)O2)CC1. The van der Waals surface area contributed by atoms with Gasteiger partial charge in [0.25, 0.3) is 0 Å². The molecule has 2 aliphatic heterocycles. The largest absolute Gasteiger partial charge is 0.470 e. The van der Waals surface area contributed by atoms with E-state index in [-0.39, 0.29) is 6.10 Å². The van der Waals surface area contributed by atoms with Crippen molar-refractivity contribution in [3.05, 3.63) is 0 Å². The first-order chi connectivity index (χ1) is 9.81. The lowest BCUT2D eigenvalue weighted by atomic mass is 9.86. The van der Waals surface area contributed by atoms with E-state index < -0.39 is 0 Å². The van der Waals surface area contributed by atoms with Crippen molar-refractivity contribution >= 4 is 5.90 Å². The Morgan fingerprint density at radius 1 is 1.10 bits per heavy atom. The highest BCUT2D eigenvalue weighted by atomic mass is 16.7. The van der Waals surface area contributed by atoms with Gasteiger partial charge in [0.15, 0.2) is 6.61 Å². The van der Waals surface area contributed by atoms with Gasteiger partial charge in [-0.15, -0.1) is 0 Å². The molecule has 0 aromatic heterocycles. The Hall–Kier alpha value is -0.810. The summed E-state index contributed by atoms with van der Waals surface area (Å²) in [7, 11) is 0. The van der Waals surface area contributed by atoms with Gasteiger partial charge in [-0.2, -0.15) is 0 Å². The quantitative estimate of drug-likeness (QED) is 0.855. The molecule has 5 heteroatoms. The van der Waals surface area contributed by atoms with Gasteiger partial charge in [-0.1, -0.05) is 11.6 Å². The predicted octanol–water partition coefficient (Wildman–Crippen LogP) is 1.72. The van der Waals surface area contributed by atoms with E-state index >= 15 is 0 Å². The molecule has 2 heterocycles. The van der Waals surface area contributed by atoms with Crippen LogP contribution >= 0.6 is 0 Å². The Labute approximate surface area is 121 Å². The fraction of sp³-hybridized carbons (Fsp3) is 0.933. The molecule has 3 aliphatic rings. The van der Waals surface area contributed by atoms with Crippen LogP contribution in [0.2, 0.25) is 0 Å². The molecule has 1 atom stereocenters. The fourth-order valence-corrected chi connectivity index (χ4v) is 3.47. The van der Waals surface area contributed by atoms with Gasteiger partial charge >= 0.3 is 0 Å². The first-order valence-corrected chi connectivity index (χ1v) is 8.15. The second-order valence-electron chi connectivity index (χ2n) is 6.44. The minimum Gasteiger partial charge on any atom is -0.470 e. The van der Waals surface area contributed by atoms with Crippen LogP contribution in [0.25, 0.3) is 0 Å². The van der Waals surface area contributed by atoms with Crippen molar-refractivity contribution in [2.24, 2.45) is 16.8 Å². The maximum atomic E-state index is 6.11. The summed E-state index contributed by atoms with van der Waals surface area (Å²) >= 11 is 0. The number of likely N-dealkylation sites (tertiary alicyclic amines) is 1. The molecule has 0 radical (unpaired) electrons. The third kappa shape index (κ3) is 3.64. The van der Waals surface area contributed by atoms with Gasteiger partial charge in [-0.3, -0.25) is 4.90 Å². The highest BCUT2D eigenvalue weighted by Crippen LogP contribution is 2.27. The minimum absolute atomic E-state index is 0.149. The fourth-order valence-electron chi connectivity index (χ4n) is 3.47. The number of piperidine rings is 1. The van der Waals surface area contributed by atoms with Gasteiger partial charge in [0.2, 0.25) is 5.90 Å². The van der Waals surface area contributed by atoms with Crippen molar-refractivity contribution in [2.75, 3.05) is 26.2 Å². The monoisotopic (exact) mass is 281 g/mol. The van der Waals surface area contributed by atoms with E-state index in [1.807, 2.05) is 0 Å². The zero-order valence-electron chi connectivity index (χ0n) is 12.3. The predicted molar refractivity (Wildman–Crippen MR) is 78.5 cm³/mol. The van der Waals surface area contributed by atoms with E-state index in [0.29, 0.717) is 18.6 Å². The van der Waals surface area contributed by atoms with Crippen LogP contribution < -0.4 is 5.73 Å². The highest BCUT2D eigenvalue weighted by Gasteiger charge is 2.30. The van der Waals surface area contributed by atoms with E-state index in [2.05, 4.69) is 10.1 Å². The van der Waals surface area contributed by atoms with Crippen molar-refractivity contribution < 1.29 is 9.57 Å². The Bertz CT molecular complexity index is 334. The second-order valence-corrected chi connectivity index (χ2v) is 6.44. The average Bonchev–Trinajstić information content (AvgIpc) is 2.49. The summed E-state index contributed by atoms with van der Waals surface area (Å²) < 4.78 is 6.11. The Kier molecular flexibility index (Phi) is 4.78. The summed E-state index contributed by atoms with van der Waals surface area (Å²) in [6.07, 6.45) is 8.46. The van der Waals surface area contributed by atoms with Crippen LogP contribution in [0.3, 0.4) is 0 Å². The number of oxime groups is 1. The molecule has 2 N–H and O–H groups in total. The molecule has 3 rings (SSSR count). The number of nitrogens with zero attached hydrogens (tertiary/aromatic N) is 2. The molecule has 5 nitrogen and oxygen atoms in total. The summed E-state index contributed by atoms with van der Waals surface area (Å²) in [5.41, 5.74) is 5.96. The van der Waals surface area contributed by atoms with E-state index in [9.17, 15) is 0 Å². The van der Waals surface area contributed by atoms with Gasteiger partial charge in [-0.25, -0.2) is 0 Å². The van der Waals surface area contributed by atoms with E-state index in [1.165, 1.54) is 32.4 Å². The topological polar surface area (TPSA) is 60.1 Å². The van der Waals surface area contributed by atoms with E-state index in [4.69, 9.17) is 15.3 Å². The van der Waals surface area contributed by atoms with Crippen LogP contribution in [0.5, 0.6) is 0 Å². The first kappa shape index (κ1) is 14.1. The number of nitrogens with two attached hydrogens (primary N) is 1. The molecule has 2 fully saturated rings. The van der Waals surface area contributed by atoms with Crippen LogP contribution in [-0.2, 0) is 9.57 Å². The molecule has 0 aromatic carbocycles. The second kappa shape index (κ2) is 6.76. The van der Waals surface area contributed by atoms with Crippen molar-refractivity contribution in [3.8, 4) is 0 Å². The Morgan fingerprint density at radius 2 is 1.85 bits per heavy atom. The van der Waals surface area contributed by atoms with Crippen molar-refractivity contribution in [1.82, 2.24) is 4.90 Å². The molecule has 1 saturated carbocycles. The third-order valence-electron chi connectivity index (χ3n) is 4.73. The Morgan fingerprint density at radius 3 is 2.60 bits per heavy atom. The summed E-state index contributed by atoms with van der Waals surface area (Å²) in [4.78, 5) is 7.92. The number of rotatable bonds is 3. The Balaban J connectivity index is 1.49. The molecule has 1 unspecified atom stereocenters. The molecular formula is C15H27N3O2. The summed E-state index contributed by atoms with van der Waals surface area (Å²) in [6.45, 7) is 3.97. The zero-order chi connectivity index (χ0) is 13.8. The molecule has 114 valence electrons. The number of hydrogen-bond acceptors (Lipinski definition) is 5. The van der Waals surface area contributed by atoms with Crippen molar-refractivity contribution in [2.45, 2.75) is 57.1 Å². The third-order valence-corrected chi connectivity index (χ3v) is 4.73. The average molecular weight is 281 g/mol. The van der Waals surface area contributed by atoms with Gasteiger partial charge in [0.1, 0.15) is 6.10 Å². The van der Waals surface area contributed by atoms with Crippen molar-refractivity contribution in [1.29, 1.82) is 0 Å². The van der Waals surface area contributed by atoms with Crippen LogP contribution in [-0.4, -0.2) is 49.2 Å². The molecule has 0 bridgehead atoms. The molecule has 0 spiro atoms. The normalized spacial score (nSPS) is 35.9. The molecule has 0 amide bonds. The lowest BCUT2D eigenvalue weighted by molar-refractivity contribution is -0.0166. The molecule has 1 saturated heterocycles. The van der Waals surface area contributed by atoms with Gasteiger partial charge in [-0.05, 0) is 51.6 Å². The van der Waals surface area contributed by atoms with Crippen molar-refractivity contribution in [3.63, 3.8) is 0 Å². The van der Waals surface area contributed by atoms with Gasteiger partial charge in [0.05, 0.1) is 0 Å². The van der Waals surface area contributed by atoms with Crippen LogP contribution in [0.4, 0.5) is 0 Å². The van der Waals surface area contributed by atoms with Gasteiger partial charge < -0.3 is 15.3 Å². The molecular weight excluding hydrogens is 254 g/mol. The highest BCUT2D eigenvalue weighted by molar-refractivity contribution is 5.78. The first-order valence-electron chi connectivity index (χ1n) is 8.15. The minimum atomic E-state index is 0.149. The maximum absolute atomic E-state index is 6.11. The van der Waals surface area contributed by atoms with Gasteiger partial charge in [0, 0.05) is 18.5 Å². The number of hydrogen-bond donors (Lipinski definition) is 1. The number of ether oxygens (including phenoxy) is 1. The molecule has 20 heavy (non-hydrogen) atoms. The summed E-state index contributed by atoms with van der Waals surface area (Å²) in [5, 5.41) is 4.16. The van der Waals surface area contributed by atoms with Crippen LogP contribution in [0.1, 0.15) is 44.9 Å². The lowest BCUT2D eigenvalue weighted by Gasteiger charge is -2.34. The maximum Gasteiger partial charge on any atom is 0.229 e. The molecule has 0 aromatic rings. The summed E-state index contributed by atoms with van der Waals surface area (Å²) in [6, 6.07) is 0.362. The van der Waals surface area contributed by atoms with E-state index in [1.54, 1.807) is 0 Å². The smallest absolute Gasteiger partial charge is 0.229 e. The van der Waals surface area contributed by atoms with E-state index in [0.717, 1.165) is 38.1 Å². The van der Waals surface area contributed by atoms with Crippen LogP contribution in [0, 0.1) is 5.92 Å². The summed E-state index contributed by atoms with van der Waals surface area (Å²) in [5.74, 6) is 1.24. The zero-order valence-corrected chi connectivity index (χ0v) is 12.3. The standard InChI is InChI=1S/C15H27N3O2/c16-13-6-4-12(5-7-13)15-17-19-11-14(20-15)10-18-8-2-1-3-9-18/h12-14H,1-11,16H2. The molecule has 1 aliphatic carbocycles. The lowest BCUT2D eigenvalue weighted by Crippen LogP contribution is -2.43.